The first-order valence-electron chi connectivity index (χ1n) is 4.95. The Labute approximate surface area is 105 Å². The zero-order valence-corrected chi connectivity index (χ0v) is 9.92. The monoisotopic (exact) mass is 283 g/mol. The van der Waals surface area contributed by atoms with Gasteiger partial charge >= 0.3 is 12.1 Å². The van der Waals surface area contributed by atoms with Crippen molar-refractivity contribution in [2.75, 3.05) is 12.8 Å². The first-order chi connectivity index (χ1) is 8.27. The van der Waals surface area contributed by atoms with Crippen LogP contribution >= 0.6 is 11.6 Å². The molecule has 100 valence electrons. The quantitative estimate of drug-likeness (QED) is 0.843. The maximum absolute atomic E-state index is 12.5. The second kappa shape index (κ2) is 4.04. The maximum Gasteiger partial charge on any atom is 0.393 e. The number of aromatic nitrogens is 2. The number of carbonyl (C=O) groups excluding carboxylic acids is 1. The number of ether oxygens (including phenoxy) is 1. The van der Waals surface area contributed by atoms with Gasteiger partial charge in [-0.3, -0.25) is 4.57 Å². The summed E-state index contributed by atoms with van der Waals surface area (Å²) in [6.45, 7) is 0. The Kier molecular flexibility index (Phi) is 2.92. The molecule has 1 aromatic rings. The van der Waals surface area contributed by atoms with Gasteiger partial charge in [0.15, 0.2) is 5.69 Å². The van der Waals surface area contributed by atoms with Crippen LogP contribution < -0.4 is 5.73 Å². The van der Waals surface area contributed by atoms with Crippen LogP contribution in [0.5, 0.6) is 0 Å². The Morgan fingerprint density at radius 3 is 2.67 bits per heavy atom. The maximum atomic E-state index is 12.5. The number of nitrogens with zero attached hydrogens (tertiary/aromatic N) is 2. The summed E-state index contributed by atoms with van der Waals surface area (Å²) in [4.78, 5) is 14.9. The zero-order chi connectivity index (χ0) is 13.7. The molecular formula is C9H9ClF3N3O2. The van der Waals surface area contributed by atoms with Gasteiger partial charge in [0, 0.05) is 0 Å². The smallest absolute Gasteiger partial charge is 0.393 e. The molecule has 5 nitrogen and oxygen atoms in total. The minimum Gasteiger partial charge on any atom is -0.464 e. The van der Waals surface area contributed by atoms with E-state index in [2.05, 4.69) is 9.72 Å². The third-order valence-corrected chi connectivity index (χ3v) is 3.06. The molecule has 0 saturated heterocycles. The molecule has 2 N–H and O–H groups in total. The normalized spacial score (nSPS) is 22.9. The Hall–Kier alpha value is -1.44. The Morgan fingerprint density at radius 2 is 2.22 bits per heavy atom. The molecule has 0 amide bonds. The highest BCUT2D eigenvalue weighted by atomic mass is 35.5. The van der Waals surface area contributed by atoms with Crippen molar-refractivity contribution in [2.45, 2.75) is 18.6 Å². The molecule has 2 atom stereocenters. The predicted octanol–water partition coefficient (Wildman–Crippen LogP) is 2.03. The van der Waals surface area contributed by atoms with Crippen LogP contribution in [0.2, 0.25) is 5.28 Å². The average molecular weight is 284 g/mol. The lowest BCUT2D eigenvalue weighted by Crippen LogP contribution is -2.15. The van der Waals surface area contributed by atoms with Gasteiger partial charge in [-0.25, -0.2) is 9.78 Å². The topological polar surface area (TPSA) is 70.1 Å². The number of nitrogens with two attached hydrogens (primary N) is 1. The average Bonchev–Trinajstić information content (AvgIpc) is 2.99. The van der Waals surface area contributed by atoms with Gasteiger partial charge in [-0.05, 0) is 18.0 Å². The number of alkyl halides is 3. The highest BCUT2D eigenvalue weighted by Gasteiger charge is 2.57. The van der Waals surface area contributed by atoms with Gasteiger partial charge in [-0.2, -0.15) is 13.2 Å². The van der Waals surface area contributed by atoms with Crippen molar-refractivity contribution in [3.8, 4) is 0 Å². The summed E-state index contributed by atoms with van der Waals surface area (Å²) < 4.78 is 42.8. The first-order valence-corrected chi connectivity index (χ1v) is 5.33. The lowest BCUT2D eigenvalue weighted by Gasteiger charge is -2.08. The number of halogens is 4. The molecule has 0 bridgehead atoms. The van der Waals surface area contributed by atoms with E-state index < -0.39 is 24.1 Å². The summed E-state index contributed by atoms with van der Waals surface area (Å²) in [6.07, 6.45) is -4.43. The highest BCUT2D eigenvalue weighted by Crippen LogP contribution is 2.55. The van der Waals surface area contributed by atoms with E-state index in [1.165, 1.54) is 0 Å². The predicted molar refractivity (Wildman–Crippen MR) is 56.2 cm³/mol. The van der Waals surface area contributed by atoms with E-state index in [9.17, 15) is 18.0 Å². The minimum absolute atomic E-state index is 0.121. The summed E-state index contributed by atoms with van der Waals surface area (Å²) in [5.74, 6) is -2.54. The second-order valence-electron chi connectivity index (χ2n) is 3.93. The number of imidazole rings is 1. The van der Waals surface area contributed by atoms with Crippen LogP contribution in [0.4, 0.5) is 19.0 Å². The fraction of sp³-hybridized carbons (Fsp3) is 0.556. The molecule has 18 heavy (non-hydrogen) atoms. The van der Waals surface area contributed by atoms with Crippen LogP contribution in [0.1, 0.15) is 23.0 Å². The summed E-state index contributed by atoms with van der Waals surface area (Å²) in [7, 11) is 1.12. The summed E-state index contributed by atoms with van der Waals surface area (Å²) in [5, 5.41) is -0.246. The Bertz CT molecular complexity index is 500. The molecule has 1 aliphatic rings. The summed E-state index contributed by atoms with van der Waals surface area (Å²) in [5.41, 5.74) is 5.31. The molecule has 0 aliphatic heterocycles. The molecule has 0 aromatic carbocycles. The fourth-order valence-corrected chi connectivity index (χ4v) is 2.10. The van der Waals surface area contributed by atoms with Crippen LogP contribution in [0.15, 0.2) is 0 Å². The molecule has 1 aromatic heterocycles. The van der Waals surface area contributed by atoms with Gasteiger partial charge in [0.25, 0.3) is 0 Å². The molecule has 0 radical (unpaired) electrons. The van der Waals surface area contributed by atoms with Gasteiger partial charge in [0.05, 0.1) is 19.1 Å². The number of anilines is 1. The lowest BCUT2D eigenvalue weighted by atomic mass is 10.4. The van der Waals surface area contributed by atoms with E-state index in [0.29, 0.717) is 0 Å². The van der Waals surface area contributed by atoms with Crippen molar-refractivity contribution in [3.63, 3.8) is 0 Å². The minimum atomic E-state index is -4.31. The van der Waals surface area contributed by atoms with E-state index >= 15 is 0 Å². The molecule has 2 rings (SSSR count). The van der Waals surface area contributed by atoms with E-state index in [1.54, 1.807) is 0 Å². The van der Waals surface area contributed by atoms with E-state index in [0.717, 1.165) is 11.7 Å². The lowest BCUT2D eigenvalue weighted by molar-refractivity contribution is -0.150. The largest absolute Gasteiger partial charge is 0.464 e. The molecule has 0 unspecified atom stereocenters. The number of esters is 1. The Balaban J connectivity index is 2.31. The van der Waals surface area contributed by atoms with Gasteiger partial charge in [0.2, 0.25) is 5.28 Å². The van der Waals surface area contributed by atoms with Crippen molar-refractivity contribution in [1.82, 2.24) is 9.55 Å². The van der Waals surface area contributed by atoms with Crippen LogP contribution in [0.25, 0.3) is 0 Å². The number of carbonyl (C=O) groups is 1. The highest BCUT2D eigenvalue weighted by molar-refractivity contribution is 6.29. The SMILES string of the molecule is COC(=O)c1nc(Cl)n([C@@H]2C[C@H]2C(F)(F)F)c1N. The van der Waals surface area contributed by atoms with Crippen molar-refractivity contribution in [2.24, 2.45) is 5.92 Å². The molecular weight excluding hydrogens is 275 g/mol. The van der Waals surface area contributed by atoms with Gasteiger partial charge < -0.3 is 10.5 Å². The molecule has 1 aliphatic carbocycles. The number of hydrogen-bond acceptors (Lipinski definition) is 4. The van der Waals surface area contributed by atoms with E-state index in [-0.39, 0.29) is 23.2 Å². The number of nitrogen functional groups attached to an aromatic ring is 1. The van der Waals surface area contributed by atoms with Crippen LogP contribution in [0, 0.1) is 5.92 Å². The Morgan fingerprint density at radius 1 is 1.61 bits per heavy atom. The molecule has 0 spiro atoms. The van der Waals surface area contributed by atoms with Crippen molar-refractivity contribution >= 4 is 23.4 Å². The van der Waals surface area contributed by atoms with Crippen molar-refractivity contribution < 1.29 is 22.7 Å². The fourth-order valence-electron chi connectivity index (χ4n) is 1.80. The van der Waals surface area contributed by atoms with Gasteiger partial charge in [-0.1, -0.05) is 0 Å². The zero-order valence-electron chi connectivity index (χ0n) is 9.16. The van der Waals surface area contributed by atoms with Crippen LogP contribution in [0.3, 0.4) is 0 Å². The van der Waals surface area contributed by atoms with Crippen molar-refractivity contribution in [1.29, 1.82) is 0 Å². The number of methoxy groups -OCH3 is 1. The third-order valence-electron chi connectivity index (χ3n) is 2.79. The molecule has 1 fully saturated rings. The van der Waals surface area contributed by atoms with Gasteiger partial charge in [0.1, 0.15) is 5.82 Å². The van der Waals surface area contributed by atoms with E-state index in [4.69, 9.17) is 17.3 Å². The van der Waals surface area contributed by atoms with Crippen LogP contribution in [-0.4, -0.2) is 28.8 Å². The molecule has 9 heteroatoms. The standard InChI is InChI=1S/C9H9ClF3N3O2/c1-18-7(17)5-6(14)16(8(10)15-5)4-2-3(4)9(11,12)13/h3-4H,2,14H2,1H3/t3-,4-/m1/s1. The van der Waals surface area contributed by atoms with Gasteiger partial charge in [-0.15, -0.1) is 0 Å². The molecule has 1 saturated carbocycles. The first kappa shape index (κ1) is 13.0. The van der Waals surface area contributed by atoms with E-state index in [1.807, 2.05) is 0 Å². The third kappa shape index (κ3) is 2.00. The number of rotatable bonds is 2. The van der Waals surface area contributed by atoms with Crippen molar-refractivity contribution in [3.05, 3.63) is 11.0 Å². The number of hydrogen-bond donors (Lipinski definition) is 1. The molecule has 1 heterocycles. The summed E-state index contributed by atoms with van der Waals surface area (Å²) in [6, 6.07) is -0.900. The second-order valence-corrected chi connectivity index (χ2v) is 4.27. The van der Waals surface area contributed by atoms with Crippen LogP contribution in [-0.2, 0) is 4.74 Å². The summed E-state index contributed by atoms with van der Waals surface area (Å²) >= 11 is 5.70.